The van der Waals surface area contributed by atoms with Crippen molar-refractivity contribution in [1.29, 1.82) is 0 Å². The number of nitrogens with two attached hydrogens (primary N) is 1. The molecule has 0 rings (SSSR count). The SMILES string of the molecule is CC(C)C(C)(CC(=O)NCCOCC(N)=O)C(=O)O. The van der Waals surface area contributed by atoms with E-state index in [9.17, 15) is 14.4 Å². The number of ether oxygens (including phenoxy) is 1. The van der Waals surface area contributed by atoms with Crippen LogP contribution < -0.4 is 11.1 Å². The molecule has 0 aliphatic carbocycles. The van der Waals surface area contributed by atoms with E-state index in [1.54, 1.807) is 20.8 Å². The number of aliphatic carboxylic acids is 1. The standard InChI is InChI=1S/C12H22N2O5/c1-8(2)12(3,11(17)18)6-10(16)14-4-5-19-7-9(13)15/h8H,4-7H2,1-3H3,(H2,13,15)(H,14,16)(H,17,18). The number of amides is 2. The van der Waals surface area contributed by atoms with E-state index in [-0.39, 0.29) is 38.0 Å². The van der Waals surface area contributed by atoms with Crippen LogP contribution in [-0.4, -0.2) is 42.6 Å². The van der Waals surface area contributed by atoms with Crippen LogP contribution in [0.5, 0.6) is 0 Å². The molecule has 0 fully saturated rings. The molecule has 0 heterocycles. The number of primary amides is 1. The van der Waals surface area contributed by atoms with Crippen molar-refractivity contribution in [3.05, 3.63) is 0 Å². The molecular weight excluding hydrogens is 252 g/mol. The number of rotatable bonds is 9. The molecule has 0 saturated carbocycles. The molecule has 7 heteroatoms. The van der Waals surface area contributed by atoms with Crippen LogP contribution in [0.1, 0.15) is 27.2 Å². The van der Waals surface area contributed by atoms with E-state index in [0.29, 0.717) is 0 Å². The molecule has 0 aliphatic rings. The first-order valence-corrected chi connectivity index (χ1v) is 6.06. The Labute approximate surface area is 112 Å². The highest BCUT2D eigenvalue weighted by molar-refractivity contribution is 5.84. The van der Waals surface area contributed by atoms with Gasteiger partial charge in [-0.15, -0.1) is 0 Å². The molecule has 7 nitrogen and oxygen atoms in total. The van der Waals surface area contributed by atoms with Gasteiger partial charge in [-0.05, 0) is 12.8 Å². The lowest BCUT2D eigenvalue weighted by Crippen LogP contribution is -2.40. The van der Waals surface area contributed by atoms with Crippen molar-refractivity contribution in [2.24, 2.45) is 17.1 Å². The summed E-state index contributed by atoms with van der Waals surface area (Å²) in [4.78, 5) is 33.2. The summed E-state index contributed by atoms with van der Waals surface area (Å²) in [6.45, 7) is 5.23. The maximum atomic E-state index is 11.6. The fourth-order valence-corrected chi connectivity index (χ4v) is 1.36. The van der Waals surface area contributed by atoms with Gasteiger partial charge in [-0.3, -0.25) is 14.4 Å². The third-order valence-corrected chi connectivity index (χ3v) is 3.10. The Morgan fingerprint density at radius 2 is 1.95 bits per heavy atom. The minimum Gasteiger partial charge on any atom is -0.481 e. The van der Waals surface area contributed by atoms with Gasteiger partial charge < -0.3 is 20.9 Å². The Morgan fingerprint density at radius 1 is 1.37 bits per heavy atom. The number of carbonyl (C=O) groups is 3. The highest BCUT2D eigenvalue weighted by atomic mass is 16.5. The van der Waals surface area contributed by atoms with E-state index in [0.717, 1.165) is 0 Å². The Hall–Kier alpha value is -1.63. The van der Waals surface area contributed by atoms with Gasteiger partial charge in [-0.25, -0.2) is 0 Å². The Kier molecular flexibility index (Phi) is 7.06. The van der Waals surface area contributed by atoms with E-state index in [1.165, 1.54) is 0 Å². The van der Waals surface area contributed by atoms with Crippen LogP contribution in [0.2, 0.25) is 0 Å². The van der Waals surface area contributed by atoms with E-state index < -0.39 is 17.3 Å². The molecule has 0 bridgehead atoms. The smallest absolute Gasteiger partial charge is 0.310 e. The minimum atomic E-state index is -1.10. The van der Waals surface area contributed by atoms with Crippen LogP contribution in [0.4, 0.5) is 0 Å². The second-order valence-corrected chi connectivity index (χ2v) is 4.92. The van der Waals surface area contributed by atoms with Gasteiger partial charge in [-0.2, -0.15) is 0 Å². The summed E-state index contributed by atoms with van der Waals surface area (Å²) in [6, 6.07) is 0. The van der Waals surface area contributed by atoms with Crippen molar-refractivity contribution in [2.45, 2.75) is 27.2 Å². The monoisotopic (exact) mass is 274 g/mol. The van der Waals surface area contributed by atoms with Crippen molar-refractivity contribution < 1.29 is 24.2 Å². The van der Waals surface area contributed by atoms with Gasteiger partial charge in [0.15, 0.2) is 0 Å². The lowest BCUT2D eigenvalue weighted by molar-refractivity contribution is -0.153. The molecule has 1 atom stereocenters. The summed E-state index contributed by atoms with van der Waals surface area (Å²) in [5, 5.41) is 11.7. The summed E-state index contributed by atoms with van der Waals surface area (Å²) >= 11 is 0. The zero-order chi connectivity index (χ0) is 15.1. The van der Waals surface area contributed by atoms with Gasteiger partial charge in [0.1, 0.15) is 6.61 Å². The van der Waals surface area contributed by atoms with E-state index in [2.05, 4.69) is 5.32 Å². The fourth-order valence-electron chi connectivity index (χ4n) is 1.36. The van der Waals surface area contributed by atoms with Crippen molar-refractivity contribution in [3.8, 4) is 0 Å². The highest BCUT2D eigenvalue weighted by Gasteiger charge is 2.38. The number of carbonyl (C=O) groups excluding carboxylic acids is 2. The van der Waals surface area contributed by atoms with Gasteiger partial charge >= 0.3 is 5.97 Å². The lowest BCUT2D eigenvalue weighted by Gasteiger charge is -2.28. The molecule has 0 saturated heterocycles. The lowest BCUT2D eigenvalue weighted by atomic mass is 9.76. The molecule has 0 aromatic carbocycles. The molecule has 4 N–H and O–H groups in total. The van der Waals surface area contributed by atoms with Gasteiger partial charge in [0.05, 0.1) is 12.0 Å². The summed E-state index contributed by atoms with van der Waals surface area (Å²) in [5.41, 5.74) is 3.77. The van der Waals surface area contributed by atoms with Crippen molar-refractivity contribution in [3.63, 3.8) is 0 Å². The van der Waals surface area contributed by atoms with Crippen LogP contribution in [0.25, 0.3) is 0 Å². The first-order chi connectivity index (χ1) is 8.70. The molecule has 0 spiro atoms. The zero-order valence-corrected chi connectivity index (χ0v) is 11.6. The second-order valence-electron chi connectivity index (χ2n) is 4.92. The largest absolute Gasteiger partial charge is 0.481 e. The Bertz CT molecular complexity index is 343. The van der Waals surface area contributed by atoms with Crippen LogP contribution in [-0.2, 0) is 19.1 Å². The Balaban J connectivity index is 4.09. The van der Waals surface area contributed by atoms with Crippen molar-refractivity contribution in [1.82, 2.24) is 5.32 Å². The number of nitrogens with one attached hydrogen (secondary N) is 1. The average molecular weight is 274 g/mol. The normalized spacial score (nSPS) is 13.9. The predicted octanol–water partition coefficient (Wildman–Crippen LogP) is -0.258. The zero-order valence-electron chi connectivity index (χ0n) is 11.6. The molecule has 0 aromatic rings. The van der Waals surface area contributed by atoms with E-state index >= 15 is 0 Å². The van der Waals surface area contributed by atoms with Gasteiger partial charge in [0.25, 0.3) is 0 Å². The first kappa shape index (κ1) is 17.4. The summed E-state index contributed by atoms with van der Waals surface area (Å²) in [7, 11) is 0. The summed E-state index contributed by atoms with van der Waals surface area (Å²) < 4.78 is 4.86. The molecule has 19 heavy (non-hydrogen) atoms. The quantitative estimate of drug-likeness (QED) is 0.501. The maximum Gasteiger partial charge on any atom is 0.310 e. The maximum absolute atomic E-state index is 11.6. The third-order valence-electron chi connectivity index (χ3n) is 3.10. The van der Waals surface area contributed by atoms with E-state index in [1.807, 2.05) is 0 Å². The van der Waals surface area contributed by atoms with Gasteiger partial charge in [0.2, 0.25) is 11.8 Å². The molecular formula is C12H22N2O5. The Morgan fingerprint density at radius 3 is 2.37 bits per heavy atom. The van der Waals surface area contributed by atoms with Crippen LogP contribution in [0.3, 0.4) is 0 Å². The number of hydrogen-bond donors (Lipinski definition) is 3. The summed E-state index contributed by atoms with van der Waals surface area (Å²) in [5.74, 6) is -2.10. The molecule has 2 amide bonds. The predicted molar refractivity (Wildman–Crippen MR) is 68.2 cm³/mol. The first-order valence-electron chi connectivity index (χ1n) is 6.06. The van der Waals surface area contributed by atoms with Crippen LogP contribution in [0.15, 0.2) is 0 Å². The molecule has 0 aromatic heterocycles. The summed E-state index contributed by atoms with van der Waals surface area (Å²) in [6.07, 6.45) is -0.101. The average Bonchev–Trinajstić information content (AvgIpc) is 2.27. The molecule has 0 radical (unpaired) electrons. The van der Waals surface area contributed by atoms with Crippen molar-refractivity contribution in [2.75, 3.05) is 19.8 Å². The number of carboxylic acids is 1. The third kappa shape index (κ3) is 6.19. The van der Waals surface area contributed by atoms with Crippen molar-refractivity contribution >= 4 is 17.8 Å². The van der Waals surface area contributed by atoms with Gasteiger partial charge in [-0.1, -0.05) is 13.8 Å². The molecule has 1 unspecified atom stereocenters. The number of carboxylic acid groups (broad SMARTS) is 1. The minimum absolute atomic E-state index is 0.101. The fraction of sp³-hybridized carbons (Fsp3) is 0.750. The van der Waals surface area contributed by atoms with Crippen LogP contribution >= 0.6 is 0 Å². The molecule has 110 valence electrons. The van der Waals surface area contributed by atoms with E-state index in [4.69, 9.17) is 15.6 Å². The molecule has 0 aliphatic heterocycles. The topological polar surface area (TPSA) is 119 Å². The number of hydrogen-bond acceptors (Lipinski definition) is 4. The van der Waals surface area contributed by atoms with Crippen LogP contribution in [0, 0.1) is 11.3 Å². The highest BCUT2D eigenvalue weighted by Crippen LogP contribution is 2.31. The van der Waals surface area contributed by atoms with Gasteiger partial charge in [0, 0.05) is 13.0 Å². The second kappa shape index (κ2) is 7.73.